The second kappa shape index (κ2) is 7.89. The van der Waals surface area contributed by atoms with Crippen molar-refractivity contribution in [1.82, 2.24) is 4.90 Å². The van der Waals surface area contributed by atoms with Crippen molar-refractivity contribution in [2.45, 2.75) is 44.4 Å². The Bertz CT molecular complexity index is 978. The average molecular weight is 478 g/mol. The van der Waals surface area contributed by atoms with Crippen LogP contribution in [0.15, 0.2) is 23.9 Å². The molecule has 1 aliphatic carbocycles. The summed E-state index contributed by atoms with van der Waals surface area (Å²) in [5.41, 5.74) is -1.98. The zero-order valence-corrected chi connectivity index (χ0v) is 17.6. The molecule has 4 rings (SSSR count). The normalized spacial score (nSPS) is 28.9. The first-order valence-electron chi connectivity index (χ1n) is 9.96. The number of aliphatic hydroxyl groups excluding tert-OH is 2. The zero-order valence-electron chi connectivity index (χ0n) is 16.8. The first kappa shape index (κ1) is 22.8. The molecule has 2 aliphatic heterocycles. The van der Waals surface area contributed by atoms with Crippen LogP contribution in [-0.4, -0.2) is 52.7 Å². The van der Waals surface area contributed by atoms with Crippen LogP contribution in [0.3, 0.4) is 0 Å². The van der Waals surface area contributed by atoms with Crippen molar-refractivity contribution >= 4 is 34.8 Å². The highest BCUT2D eigenvalue weighted by atomic mass is 35.5. The molecule has 0 spiro atoms. The van der Waals surface area contributed by atoms with Gasteiger partial charge in [0.1, 0.15) is 11.5 Å². The molecule has 2 amide bonds. The molecule has 1 saturated heterocycles. The molecule has 1 aromatic rings. The standard InChI is InChI=1S/C20H20ClF4N3O4/c1-26-15(20(23,24)25)8-16(29)27(19(26)32)14-7-13(11(21)6-12(14)22)28-17(30)9-4-2-3-5-10(9)18(28)31/h6-10,16,19,29,32H,2-5H2,1H3. The van der Waals surface area contributed by atoms with Crippen LogP contribution < -0.4 is 9.80 Å². The number of anilines is 2. The molecule has 3 aliphatic rings. The molecular weight excluding hydrogens is 458 g/mol. The van der Waals surface area contributed by atoms with Crippen LogP contribution in [0.1, 0.15) is 25.7 Å². The molecule has 1 aromatic carbocycles. The minimum Gasteiger partial charge on any atom is -0.370 e. The van der Waals surface area contributed by atoms with Crippen molar-refractivity contribution < 1.29 is 37.4 Å². The van der Waals surface area contributed by atoms with Gasteiger partial charge in [0.15, 0.2) is 6.23 Å². The van der Waals surface area contributed by atoms with Gasteiger partial charge in [-0.3, -0.25) is 14.5 Å². The fraction of sp³-hybridized carbons (Fsp3) is 0.500. The summed E-state index contributed by atoms with van der Waals surface area (Å²) in [4.78, 5) is 27.7. The molecular formula is C20H20ClF4N3O4. The number of hydrogen-bond donors (Lipinski definition) is 2. The van der Waals surface area contributed by atoms with Gasteiger partial charge < -0.3 is 15.1 Å². The van der Waals surface area contributed by atoms with E-state index in [2.05, 4.69) is 0 Å². The molecule has 174 valence electrons. The third-order valence-electron chi connectivity index (χ3n) is 6.23. The van der Waals surface area contributed by atoms with Crippen LogP contribution in [0.5, 0.6) is 0 Å². The minimum absolute atomic E-state index is 0.153. The summed E-state index contributed by atoms with van der Waals surface area (Å²) in [5, 5.41) is 20.4. The Labute approximate surface area is 185 Å². The van der Waals surface area contributed by atoms with E-state index in [1.54, 1.807) is 0 Å². The molecule has 4 unspecified atom stereocenters. The highest BCUT2D eigenvalue weighted by Crippen LogP contribution is 2.44. The Morgan fingerprint density at radius 3 is 2.12 bits per heavy atom. The van der Waals surface area contributed by atoms with Crippen LogP contribution in [0.2, 0.25) is 5.02 Å². The number of amides is 2. The number of hydrogen-bond acceptors (Lipinski definition) is 6. The summed E-state index contributed by atoms with van der Waals surface area (Å²) in [5.74, 6) is -3.03. The average Bonchev–Trinajstić information content (AvgIpc) is 2.96. The van der Waals surface area contributed by atoms with Gasteiger partial charge in [-0.25, -0.2) is 9.29 Å². The van der Waals surface area contributed by atoms with E-state index in [0.717, 1.165) is 36.9 Å². The lowest BCUT2D eigenvalue weighted by molar-refractivity contribution is -0.133. The van der Waals surface area contributed by atoms with Crippen molar-refractivity contribution in [3.05, 3.63) is 34.7 Å². The molecule has 2 N–H and O–H groups in total. The molecule has 2 fully saturated rings. The number of rotatable bonds is 2. The smallest absolute Gasteiger partial charge is 0.370 e. The molecule has 32 heavy (non-hydrogen) atoms. The van der Waals surface area contributed by atoms with E-state index in [1.807, 2.05) is 0 Å². The maximum atomic E-state index is 14.8. The zero-order chi connectivity index (χ0) is 23.5. The highest BCUT2D eigenvalue weighted by molar-refractivity contribution is 6.36. The SMILES string of the molecule is CN1C(C(F)(F)F)=CC(O)N(c2cc(N3C(=O)C4CCCCC4C3=O)c(Cl)cc2F)C1O. The van der Waals surface area contributed by atoms with E-state index in [0.29, 0.717) is 28.7 Å². The van der Waals surface area contributed by atoms with Gasteiger partial charge in [-0.1, -0.05) is 24.4 Å². The number of alkyl halides is 3. The van der Waals surface area contributed by atoms with Gasteiger partial charge in [-0.2, -0.15) is 13.2 Å². The summed E-state index contributed by atoms with van der Waals surface area (Å²) >= 11 is 6.13. The van der Waals surface area contributed by atoms with E-state index >= 15 is 0 Å². The topological polar surface area (TPSA) is 84.3 Å². The lowest BCUT2D eigenvalue weighted by atomic mass is 9.81. The number of allylic oxidation sites excluding steroid dienone is 1. The Morgan fingerprint density at radius 2 is 1.59 bits per heavy atom. The third kappa shape index (κ3) is 3.52. The number of nitrogens with zero attached hydrogens (tertiary/aromatic N) is 3. The largest absolute Gasteiger partial charge is 0.431 e. The van der Waals surface area contributed by atoms with Crippen molar-refractivity contribution in [3.8, 4) is 0 Å². The van der Waals surface area contributed by atoms with E-state index in [9.17, 15) is 37.4 Å². The van der Waals surface area contributed by atoms with Gasteiger partial charge >= 0.3 is 6.18 Å². The highest BCUT2D eigenvalue weighted by Gasteiger charge is 2.50. The fourth-order valence-corrected chi connectivity index (χ4v) is 4.88. The summed E-state index contributed by atoms with van der Waals surface area (Å²) in [6.07, 6.45) is -5.92. The van der Waals surface area contributed by atoms with Crippen LogP contribution in [0.25, 0.3) is 0 Å². The van der Waals surface area contributed by atoms with Gasteiger partial charge in [0.2, 0.25) is 18.2 Å². The van der Waals surface area contributed by atoms with Gasteiger partial charge in [-0.15, -0.1) is 0 Å². The molecule has 0 bridgehead atoms. The second-order valence-electron chi connectivity index (χ2n) is 8.09. The lowest BCUT2D eigenvalue weighted by Crippen LogP contribution is -2.56. The van der Waals surface area contributed by atoms with Crippen molar-refractivity contribution in [3.63, 3.8) is 0 Å². The Kier molecular flexibility index (Phi) is 5.62. The van der Waals surface area contributed by atoms with Gasteiger partial charge in [0.05, 0.1) is 28.2 Å². The summed E-state index contributed by atoms with van der Waals surface area (Å²) in [6.45, 7) is 0. The number of halogens is 5. The molecule has 4 atom stereocenters. The number of fused-ring (bicyclic) bond motifs is 1. The molecule has 0 aromatic heterocycles. The van der Waals surface area contributed by atoms with Crippen LogP contribution >= 0.6 is 11.6 Å². The van der Waals surface area contributed by atoms with Gasteiger partial charge in [-0.05, 0) is 31.1 Å². The molecule has 12 heteroatoms. The summed E-state index contributed by atoms with van der Waals surface area (Å²) in [6, 6.07) is 1.77. The number of carbonyl (C=O) groups excluding carboxylic acids is 2. The first-order chi connectivity index (χ1) is 14.9. The molecule has 1 saturated carbocycles. The summed E-state index contributed by atoms with van der Waals surface area (Å²) < 4.78 is 54.3. The maximum Gasteiger partial charge on any atom is 0.431 e. The number of aliphatic hydroxyl groups is 2. The van der Waals surface area contributed by atoms with Crippen LogP contribution in [0, 0.1) is 17.7 Å². The number of benzene rings is 1. The second-order valence-corrected chi connectivity index (χ2v) is 8.50. The van der Waals surface area contributed by atoms with E-state index in [-0.39, 0.29) is 10.7 Å². The van der Waals surface area contributed by atoms with Crippen LogP contribution in [-0.2, 0) is 9.59 Å². The number of imide groups is 1. The lowest BCUT2D eigenvalue weighted by Gasteiger charge is -2.43. The van der Waals surface area contributed by atoms with Crippen molar-refractivity contribution in [2.24, 2.45) is 11.8 Å². The predicted molar refractivity (Wildman–Crippen MR) is 106 cm³/mol. The predicted octanol–water partition coefficient (Wildman–Crippen LogP) is 2.95. The minimum atomic E-state index is -4.86. The Morgan fingerprint density at radius 1 is 1.03 bits per heavy atom. The monoisotopic (exact) mass is 477 g/mol. The quantitative estimate of drug-likeness (QED) is 0.503. The maximum absolute atomic E-state index is 14.8. The van der Waals surface area contributed by atoms with Crippen LogP contribution in [0.4, 0.5) is 28.9 Å². The van der Waals surface area contributed by atoms with Crippen molar-refractivity contribution in [1.29, 1.82) is 0 Å². The van der Waals surface area contributed by atoms with Gasteiger partial charge in [0.25, 0.3) is 0 Å². The first-order valence-corrected chi connectivity index (χ1v) is 10.3. The third-order valence-corrected chi connectivity index (χ3v) is 6.54. The van der Waals surface area contributed by atoms with E-state index < -0.39 is 59.6 Å². The van der Waals surface area contributed by atoms with Gasteiger partial charge in [0, 0.05) is 7.05 Å². The number of carbonyl (C=O) groups is 2. The van der Waals surface area contributed by atoms with Crippen molar-refractivity contribution in [2.75, 3.05) is 16.8 Å². The molecule has 2 heterocycles. The molecule has 0 radical (unpaired) electrons. The summed E-state index contributed by atoms with van der Waals surface area (Å²) in [7, 11) is 0.926. The Balaban J connectivity index is 1.76. The Hall–Kier alpha value is -2.37. The fourth-order valence-electron chi connectivity index (χ4n) is 4.64. The van der Waals surface area contributed by atoms with E-state index in [1.165, 1.54) is 0 Å². The molecule has 7 nitrogen and oxygen atoms in total. The van der Waals surface area contributed by atoms with E-state index in [4.69, 9.17) is 11.6 Å².